The third-order valence-electron chi connectivity index (χ3n) is 1.40. The molecule has 64 valence electrons. The van der Waals surface area contributed by atoms with Gasteiger partial charge in [-0.15, -0.1) is 6.58 Å². The molecular formula is C3H12O4Si4. The highest BCUT2D eigenvalue weighted by Crippen LogP contribution is 2.07. The van der Waals surface area contributed by atoms with Gasteiger partial charge in [-0.3, -0.25) is 0 Å². The summed E-state index contributed by atoms with van der Waals surface area (Å²) in [6.45, 7) is 5.66. The molecule has 0 spiro atoms. The first-order chi connectivity index (χ1) is 5.27. The van der Waals surface area contributed by atoms with Crippen LogP contribution < -0.4 is 0 Å². The molecule has 1 rings (SSSR count). The molecule has 1 saturated heterocycles. The van der Waals surface area contributed by atoms with Crippen molar-refractivity contribution in [3.63, 3.8) is 0 Å². The SMILES string of the molecule is C=C[Si]1(C)O[SiH2]O[SiH2]O[SiH2]O1. The molecule has 4 nitrogen and oxygen atoms in total. The molecule has 0 aromatic carbocycles. The smallest absolute Gasteiger partial charge is 0.342 e. The summed E-state index contributed by atoms with van der Waals surface area (Å²) in [5, 5.41) is 0. The van der Waals surface area contributed by atoms with Crippen molar-refractivity contribution in [2.75, 3.05) is 0 Å². The van der Waals surface area contributed by atoms with Crippen LogP contribution in [0.5, 0.6) is 0 Å². The van der Waals surface area contributed by atoms with Crippen molar-refractivity contribution >= 4 is 38.6 Å². The van der Waals surface area contributed by atoms with Crippen LogP contribution in [0.15, 0.2) is 12.3 Å². The standard InChI is InChI=1S/C3H12O4Si4/c1-3-11(2)6-9-4-8-5-10-7-11/h3H,1,8-10H2,2H3. The molecule has 8 heteroatoms. The summed E-state index contributed by atoms with van der Waals surface area (Å²) in [4.78, 5) is 0. The van der Waals surface area contributed by atoms with Crippen LogP contribution in [0, 0.1) is 0 Å². The second kappa shape index (κ2) is 4.47. The van der Waals surface area contributed by atoms with Crippen LogP contribution in [-0.2, 0) is 16.5 Å². The van der Waals surface area contributed by atoms with Gasteiger partial charge in [0.25, 0.3) is 30.0 Å². The lowest BCUT2D eigenvalue weighted by Crippen LogP contribution is -2.43. The Hall–Kier alpha value is 0.448. The Bertz CT molecular complexity index is 133. The summed E-state index contributed by atoms with van der Waals surface area (Å²) in [6, 6.07) is 0. The second-order valence-corrected chi connectivity index (χ2v) is 11.0. The van der Waals surface area contributed by atoms with Gasteiger partial charge in [0.05, 0.1) is 0 Å². The Morgan fingerprint density at radius 3 is 2.18 bits per heavy atom. The Balaban J connectivity index is 2.43. The van der Waals surface area contributed by atoms with E-state index in [-0.39, 0.29) is 0 Å². The van der Waals surface area contributed by atoms with Crippen LogP contribution in [0.25, 0.3) is 0 Å². The summed E-state index contributed by atoms with van der Waals surface area (Å²) < 4.78 is 21.5. The Kier molecular flexibility index (Phi) is 3.87. The minimum Gasteiger partial charge on any atom is -0.425 e. The molecule has 1 aliphatic rings. The molecule has 0 N–H and O–H groups in total. The van der Waals surface area contributed by atoms with Gasteiger partial charge in [-0.05, 0) is 6.55 Å². The van der Waals surface area contributed by atoms with E-state index >= 15 is 0 Å². The fraction of sp³-hybridized carbons (Fsp3) is 0.333. The zero-order valence-corrected chi connectivity index (χ0v) is 11.8. The van der Waals surface area contributed by atoms with E-state index in [9.17, 15) is 0 Å². The van der Waals surface area contributed by atoms with E-state index in [0.717, 1.165) is 0 Å². The largest absolute Gasteiger partial charge is 0.425 e. The van der Waals surface area contributed by atoms with Crippen molar-refractivity contribution in [1.82, 2.24) is 0 Å². The van der Waals surface area contributed by atoms with Gasteiger partial charge in [0.2, 0.25) is 0 Å². The molecule has 0 saturated carbocycles. The normalized spacial score (nSPS) is 40.5. The Labute approximate surface area is 74.3 Å². The molecule has 1 fully saturated rings. The Morgan fingerprint density at radius 2 is 1.73 bits per heavy atom. The second-order valence-electron chi connectivity index (χ2n) is 2.27. The number of rotatable bonds is 1. The van der Waals surface area contributed by atoms with E-state index in [4.69, 9.17) is 16.5 Å². The lowest BCUT2D eigenvalue weighted by molar-refractivity contribution is 0.319. The van der Waals surface area contributed by atoms with Crippen molar-refractivity contribution in [3.8, 4) is 0 Å². The monoisotopic (exact) mass is 224 g/mol. The van der Waals surface area contributed by atoms with Gasteiger partial charge in [0.15, 0.2) is 0 Å². The van der Waals surface area contributed by atoms with Crippen molar-refractivity contribution < 1.29 is 16.5 Å². The van der Waals surface area contributed by atoms with Gasteiger partial charge in [0, 0.05) is 0 Å². The zero-order valence-electron chi connectivity index (χ0n) is 6.54. The van der Waals surface area contributed by atoms with Crippen LogP contribution in [0.4, 0.5) is 0 Å². The summed E-state index contributed by atoms with van der Waals surface area (Å²) in [5.41, 5.74) is 1.78. The van der Waals surface area contributed by atoms with Gasteiger partial charge in [0.1, 0.15) is 0 Å². The molecule has 0 amide bonds. The van der Waals surface area contributed by atoms with Crippen LogP contribution in [0.3, 0.4) is 0 Å². The number of hydrogen-bond donors (Lipinski definition) is 0. The van der Waals surface area contributed by atoms with Gasteiger partial charge in [-0.2, -0.15) is 0 Å². The first-order valence-electron chi connectivity index (χ1n) is 3.34. The highest BCUT2D eigenvalue weighted by molar-refractivity contribution is 6.78. The fourth-order valence-electron chi connectivity index (χ4n) is 0.604. The molecule has 1 heterocycles. The van der Waals surface area contributed by atoms with Crippen LogP contribution >= 0.6 is 0 Å². The summed E-state index contributed by atoms with van der Waals surface area (Å²) in [7, 11) is -4.46. The van der Waals surface area contributed by atoms with E-state index in [1.165, 1.54) is 0 Å². The van der Waals surface area contributed by atoms with Crippen LogP contribution in [0.2, 0.25) is 6.55 Å². The molecular weight excluding hydrogens is 212 g/mol. The minimum absolute atomic E-state index is 0.743. The topological polar surface area (TPSA) is 36.9 Å². The predicted molar refractivity (Wildman–Crippen MR) is 51.8 cm³/mol. The first kappa shape index (κ1) is 9.53. The van der Waals surface area contributed by atoms with Gasteiger partial charge in [-0.25, -0.2) is 0 Å². The summed E-state index contributed by atoms with van der Waals surface area (Å²) >= 11 is 0. The molecule has 0 unspecified atom stereocenters. The van der Waals surface area contributed by atoms with Gasteiger partial charge in [-0.1, -0.05) is 5.70 Å². The van der Waals surface area contributed by atoms with Crippen LogP contribution in [0.1, 0.15) is 0 Å². The van der Waals surface area contributed by atoms with Crippen molar-refractivity contribution in [1.29, 1.82) is 0 Å². The summed E-state index contributed by atoms with van der Waals surface area (Å²) in [5.74, 6) is 0. The third-order valence-corrected chi connectivity index (χ3v) is 10.3. The zero-order chi connectivity index (χ0) is 8.16. The lowest BCUT2D eigenvalue weighted by Gasteiger charge is -2.26. The van der Waals surface area contributed by atoms with Crippen molar-refractivity contribution in [2.24, 2.45) is 0 Å². The van der Waals surface area contributed by atoms with E-state index in [2.05, 4.69) is 6.58 Å². The average Bonchev–Trinajstić information content (AvgIpc) is 1.98. The molecule has 11 heavy (non-hydrogen) atoms. The maximum absolute atomic E-state index is 5.52. The fourth-order valence-corrected chi connectivity index (χ4v) is 8.75. The third kappa shape index (κ3) is 3.12. The van der Waals surface area contributed by atoms with Crippen molar-refractivity contribution in [3.05, 3.63) is 12.3 Å². The highest BCUT2D eigenvalue weighted by Gasteiger charge is 2.27. The molecule has 0 bridgehead atoms. The molecule has 1 aliphatic heterocycles. The number of hydrogen-bond acceptors (Lipinski definition) is 4. The summed E-state index contributed by atoms with van der Waals surface area (Å²) in [6.07, 6.45) is 0. The minimum atomic E-state index is -2.03. The predicted octanol–water partition coefficient (Wildman–Crippen LogP) is -2.14. The quantitative estimate of drug-likeness (QED) is 0.477. The Morgan fingerprint density at radius 1 is 1.18 bits per heavy atom. The molecule has 0 aliphatic carbocycles. The van der Waals surface area contributed by atoms with E-state index in [0.29, 0.717) is 0 Å². The maximum Gasteiger partial charge on any atom is 0.342 e. The first-order valence-corrected chi connectivity index (χ1v) is 9.20. The van der Waals surface area contributed by atoms with Gasteiger partial charge >= 0.3 is 8.56 Å². The average molecular weight is 224 g/mol. The molecule has 0 radical (unpaired) electrons. The van der Waals surface area contributed by atoms with E-state index < -0.39 is 38.6 Å². The lowest BCUT2D eigenvalue weighted by atomic mass is 11.3. The van der Waals surface area contributed by atoms with E-state index in [1.807, 2.05) is 6.55 Å². The highest BCUT2D eigenvalue weighted by atomic mass is 28.5. The van der Waals surface area contributed by atoms with Gasteiger partial charge < -0.3 is 16.5 Å². The van der Waals surface area contributed by atoms with E-state index in [1.54, 1.807) is 5.70 Å². The maximum atomic E-state index is 5.52. The molecule has 0 aromatic rings. The van der Waals surface area contributed by atoms with Crippen LogP contribution in [-0.4, -0.2) is 38.6 Å². The molecule has 0 atom stereocenters. The van der Waals surface area contributed by atoms with Crippen molar-refractivity contribution in [2.45, 2.75) is 6.55 Å². The molecule has 0 aromatic heterocycles.